The van der Waals surface area contributed by atoms with Crippen LogP contribution in [-0.4, -0.2) is 35.1 Å². The van der Waals surface area contributed by atoms with Gasteiger partial charge in [-0.3, -0.25) is 4.79 Å². The van der Waals surface area contributed by atoms with E-state index in [1.54, 1.807) is 28.9 Å². The summed E-state index contributed by atoms with van der Waals surface area (Å²) in [4.78, 5) is 17.5. The number of carbonyl (C=O) groups excluding carboxylic acids is 1. The third-order valence-corrected chi connectivity index (χ3v) is 2.57. The number of hydrogen-bond acceptors (Lipinski definition) is 3. The minimum Gasteiger partial charge on any atom is -0.335 e. The molecule has 0 saturated carbocycles. The number of nitrogens with zero attached hydrogens (tertiary/aromatic N) is 2. The van der Waals surface area contributed by atoms with Gasteiger partial charge >= 0.3 is 0 Å². The van der Waals surface area contributed by atoms with Gasteiger partial charge in [-0.25, -0.2) is 4.98 Å². The van der Waals surface area contributed by atoms with Crippen molar-refractivity contribution in [2.75, 3.05) is 19.3 Å². The summed E-state index contributed by atoms with van der Waals surface area (Å²) in [6, 6.07) is 3.60. The normalized spacial score (nSPS) is 14.4. The predicted molar refractivity (Wildman–Crippen MR) is 51.9 cm³/mol. The summed E-state index contributed by atoms with van der Waals surface area (Å²) in [5, 5.41) is 0.896. The summed E-state index contributed by atoms with van der Waals surface area (Å²) in [7, 11) is 0. The lowest BCUT2D eigenvalue weighted by molar-refractivity contribution is 0.0885. The zero-order chi connectivity index (χ0) is 9.26. The van der Waals surface area contributed by atoms with E-state index in [1.165, 1.54) is 0 Å². The average Bonchev–Trinajstić information content (AvgIpc) is 3.00. The van der Waals surface area contributed by atoms with E-state index < -0.39 is 0 Å². The van der Waals surface area contributed by atoms with Crippen molar-refractivity contribution >= 4 is 17.7 Å². The average molecular weight is 194 g/mol. The van der Waals surface area contributed by atoms with Crippen molar-refractivity contribution in [3.63, 3.8) is 0 Å². The molecule has 2 heterocycles. The third kappa shape index (κ3) is 1.83. The fourth-order valence-corrected chi connectivity index (χ4v) is 1.50. The molecule has 1 aliphatic heterocycles. The molecule has 1 aliphatic rings. The first-order valence-electron chi connectivity index (χ1n) is 4.10. The maximum absolute atomic E-state index is 11.6. The van der Waals surface area contributed by atoms with Gasteiger partial charge in [0.05, 0.1) is 5.03 Å². The minimum absolute atomic E-state index is 0.123. The van der Waals surface area contributed by atoms with Gasteiger partial charge in [-0.2, -0.15) is 0 Å². The molecule has 0 aliphatic carbocycles. The topological polar surface area (TPSA) is 33.0 Å². The Hall–Kier alpha value is -1.03. The zero-order valence-electron chi connectivity index (χ0n) is 7.36. The molecular formula is C9H10N2OS. The Morgan fingerprint density at radius 1 is 1.62 bits per heavy atom. The highest BCUT2D eigenvalue weighted by Crippen LogP contribution is 2.16. The second-order valence-electron chi connectivity index (χ2n) is 2.88. The second kappa shape index (κ2) is 3.38. The monoisotopic (exact) mass is 194 g/mol. The van der Waals surface area contributed by atoms with Crippen molar-refractivity contribution in [2.45, 2.75) is 5.03 Å². The molecule has 1 fully saturated rings. The Morgan fingerprint density at radius 2 is 2.38 bits per heavy atom. The molecule has 0 aromatic carbocycles. The van der Waals surface area contributed by atoms with E-state index in [0.29, 0.717) is 0 Å². The van der Waals surface area contributed by atoms with Crippen LogP contribution in [0, 0.1) is 0 Å². The van der Waals surface area contributed by atoms with Gasteiger partial charge in [0, 0.05) is 24.8 Å². The second-order valence-corrected chi connectivity index (χ2v) is 3.71. The van der Waals surface area contributed by atoms with E-state index >= 15 is 0 Å². The molecule has 1 aromatic rings. The van der Waals surface area contributed by atoms with Crippen LogP contribution in [0.1, 0.15) is 10.4 Å². The smallest absolute Gasteiger partial charge is 0.254 e. The fourth-order valence-electron chi connectivity index (χ4n) is 1.09. The molecule has 0 atom stereocenters. The van der Waals surface area contributed by atoms with Crippen LogP contribution < -0.4 is 0 Å². The molecule has 0 bridgehead atoms. The summed E-state index contributed by atoms with van der Waals surface area (Å²) >= 11 is 1.55. The van der Waals surface area contributed by atoms with E-state index in [9.17, 15) is 4.79 Å². The summed E-state index contributed by atoms with van der Waals surface area (Å²) in [5.41, 5.74) is 0.747. The van der Waals surface area contributed by atoms with Crippen molar-refractivity contribution in [3.05, 3.63) is 23.9 Å². The van der Waals surface area contributed by atoms with Gasteiger partial charge < -0.3 is 4.90 Å². The number of carbonyl (C=O) groups is 1. The number of rotatable bonds is 2. The van der Waals surface area contributed by atoms with Gasteiger partial charge in [0.1, 0.15) is 0 Å². The quantitative estimate of drug-likeness (QED) is 0.525. The lowest BCUT2D eigenvalue weighted by atomic mass is 10.2. The molecule has 0 spiro atoms. The molecule has 0 radical (unpaired) electrons. The molecule has 1 saturated heterocycles. The number of hydrogen-bond donors (Lipinski definition) is 0. The first-order chi connectivity index (χ1) is 6.31. The Bertz CT molecular complexity index is 336. The SMILES string of the molecule is CSc1cc(C(=O)N2CC2)ccn1. The van der Waals surface area contributed by atoms with Crippen LogP contribution in [0.2, 0.25) is 0 Å². The summed E-state index contributed by atoms with van der Waals surface area (Å²) in [6.07, 6.45) is 3.64. The molecule has 2 rings (SSSR count). The highest BCUT2D eigenvalue weighted by atomic mass is 32.2. The Labute approximate surface area is 81.1 Å². The van der Waals surface area contributed by atoms with Crippen LogP contribution in [0.3, 0.4) is 0 Å². The minimum atomic E-state index is 0.123. The Balaban J connectivity index is 2.23. The third-order valence-electron chi connectivity index (χ3n) is 1.93. The van der Waals surface area contributed by atoms with Crippen molar-refractivity contribution in [2.24, 2.45) is 0 Å². The van der Waals surface area contributed by atoms with Gasteiger partial charge in [-0.15, -0.1) is 11.8 Å². The zero-order valence-corrected chi connectivity index (χ0v) is 8.17. The standard InChI is InChI=1S/C9H10N2OS/c1-13-8-6-7(2-3-10-8)9(12)11-4-5-11/h2-3,6H,4-5H2,1H3. The van der Waals surface area contributed by atoms with Gasteiger partial charge in [-0.05, 0) is 18.4 Å². The van der Waals surface area contributed by atoms with Crippen LogP contribution in [0.25, 0.3) is 0 Å². The Morgan fingerprint density at radius 3 is 3.00 bits per heavy atom. The summed E-state index contributed by atoms with van der Waals surface area (Å²) < 4.78 is 0. The molecular weight excluding hydrogens is 184 g/mol. The van der Waals surface area contributed by atoms with Gasteiger partial charge in [0.25, 0.3) is 5.91 Å². The molecule has 0 unspecified atom stereocenters. The van der Waals surface area contributed by atoms with Crippen LogP contribution in [0.5, 0.6) is 0 Å². The number of aromatic nitrogens is 1. The predicted octanol–water partition coefficient (Wildman–Crippen LogP) is 1.26. The van der Waals surface area contributed by atoms with E-state index in [-0.39, 0.29) is 5.91 Å². The lowest BCUT2D eigenvalue weighted by Crippen LogP contribution is -2.10. The molecule has 3 nitrogen and oxygen atoms in total. The molecule has 0 N–H and O–H groups in total. The molecule has 1 amide bonds. The van der Waals surface area contributed by atoms with Gasteiger partial charge in [0.15, 0.2) is 0 Å². The fraction of sp³-hybridized carbons (Fsp3) is 0.333. The number of thioether (sulfide) groups is 1. The number of amides is 1. The first-order valence-corrected chi connectivity index (χ1v) is 5.33. The van der Waals surface area contributed by atoms with E-state index in [1.807, 2.05) is 12.3 Å². The highest BCUT2D eigenvalue weighted by Gasteiger charge is 2.25. The van der Waals surface area contributed by atoms with Crippen LogP contribution in [-0.2, 0) is 0 Å². The van der Waals surface area contributed by atoms with Crippen molar-refractivity contribution in [1.82, 2.24) is 9.88 Å². The van der Waals surface area contributed by atoms with Gasteiger partial charge in [-0.1, -0.05) is 0 Å². The molecule has 13 heavy (non-hydrogen) atoms. The van der Waals surface area contributed by atoms with Crippen LogP contribution in [0.4, 0.5) is 0 Å². The molecule has 68 valence electrons. The van der Waals surface area contributed by atoms with E-state index in [0.717, 1.165) is 23.7 Å². The molecule has 1 aromatic heterocycles. The van der Waals surface area contributed by atoms with Gasteiger partial charge in [0.2, 0.25) is 0 Å². The van der Waals surface area contributed by atoms with Crippen LogP contribution >= 0.6 is 11.8 Å². The first kappa shape index (κ1) is 8.56. The summed E-state index contributed by atoms with van der Waals surface area (Å²) in [6.45, 7) is 1.80. The highest BCUT2D eigenvalue weighted by molar-refractivity contribution is 7.98. The lowest BCUT2D eigenvalue weighted by Gasteiger charge is -2.01. The number of pyridine rings is 1. The summed E-state index contributed by atoms with van der Waals surface area (Å²) in [5.74, 6) is 0.123. The maximum Gasteiger partial charge on any atom is 0.254 e. The molecule has 4 heteroatoms. The van der Waals surface area contributed by atoms with Crippen LogP contribution in [0.15, 0.2) is 23.4 Å². The van der Waals surface area contributed by atoms with Crippen molar-refractivity contribution in [1.29, 1.82) is 0 Å². The largest absolute Gasteiger partial charge is 0.335 e. The van der Waals surface area contributed by atoms with Crippen molar-refractivity contribution < 1.29 is 4.79 Å². The maximum atomic E-state index is 11.6. The Kier molecular flexibility index (Phi) is 2.22. The van der Waals surface area contributed by atoms with E-state index in [4.69, 9.17) is 0 Å². The van der Waals surface area contributed by atoms with Crippen molar-refractivity contribution in [3.8, 4) is 0 Å². The van der Waals surface area contributed by atoms with E-state index in [2.05, 4.69) is 4.98 Å².